The molecule has 2 aromatic rings. The van der Waals surface area contributed by atoms with Crippen molar-refractivity contribution in [2.45, 2.75) is 25.8 Å². The summed E-state index contributed by atoms with van der Waals surface area (Å²) >= 11 is 2.98. The van der Waals surface area contributed by atoms with Gasteiger partial charge in [-0.15, -0.1) is 0 Å². The number of hydrogen-bond donors (Lipinski definition) is 2. The molecule has 1 unspecified atom stereocenters. The molecule has 0 saturated heterocycles. The van der Waals surface area contributed by atoms with E-state index in [-0.39, 0.29) is 21.8 Å². The molecule has 4 nitrogen and oxygen atoms in total. The highest BCUT2D eigenvalue weighted by atomic mass is 79.9. The first-order chi connectivity index (χ1) is 9.99. The second-order valence-corrected chi connectivity index (χ2v) is 5.55. The van der Waals surface area contributed by atoms with Crippen LogP contribution in [0.1, 0.15) is 29.5 Å². The molecule has 0 saturated carbocycles. The number of aryl methyl sites for hydroxylation is 1. The van der Waals surface area contributed by atoms with Gasteiger partial charge in [-0.1, -0.05) is 0 Å². The summed E-state index contributed by atoms with van der Waals surface area (Å²) in [6, 6.07) is 6.55. The zero-order chi connectivity index (χ0) is 15.4. The molecule has 6 heteroatoms. The minimum Gasteiger partial charge on any atom is -0.478 e. The Balaban J connectivity index is 2.02. The molecule has 1 atom stereocenters. The van der Waals surface area contributed by atoms with Crippen LogP contribution in [0.5, 0.6) is 0 Å². The Hall–Kier alpha value is -1.82. The normalized spacial score (nSPS) is 12.1. The van der Waals surface area contributed by atoms with Crippen molar-refractivity contribution in [3.63, 3.8) is 0 Å². The van der Waals surface area contributed by atoms with Gasteiger partial charge in [0.25, 0.3) is 0 Å². The summed E-state index contributed by atoms with van der Waals surface area (Å²) in [4.78, 5) is 10.9. The van der Waals surface area contributed by atoms with Gasteiger partial charge < -0.3 is 14.8 Å². The minimum absolute atomic E-state index is 0.0205. The first-order valence-corrected chi connectivity index (χ1v) is 7.28. The van der Waals surface area contributed by atoms with Crippen molar-refractivity contribution < 1.29 is 18.7 Å². The van der Waals surface area contributed by atoms with Gasteiger partial charge in [-0.25, -0.2) is 9.18 Å². The van der Waals surface area contributed by atoms with Crippen molar-refractivity contribution in [2.24, 2.45) is 0 Å². The molecule has 0 spiro atoms. The van der Waals surface area contributed by atoms with Gasteiger partial charge in [-0.05, 0) is 53.5 Å². The fourth-order valence-corrected chi connectivity index (χ4v) is 2.49. The Kier molecular flexibility index (Phi) is 5.01. The highest BCUT2D eigenvalue weighted by Crippen LogP contribution is 2.27. The van der Waals surface area contributed by atoms with Crippen molar-refractivity contribution in [1.82, 2.24) is 0 Å². The minimum atomic E-state index is -1.17. The third-order valence-corrected chi connectivity index (χ3v) is 3.89. The summed E-state index contributed by atoms with van der Waals surface area (Å²) in [6.45, 7) is 1.93. The second kappa shape index (κ2) is 6.76. The molecular formula is C15H15BrFNO3. The van der Waals surface area contributed by atoms with E-state index in [4.69, 9.17) is 9.52 Å². The van der Waals surface area contributed by atoms with Crippen LogP contribution in [-0.4, -0.2) is 17.1 Å². The summed E-state index contributed by atoms with van der Waals surface area (Å²) in [7, 11) is 0. The first-order valence-electron chi connectivity index (χ1n) is 6.49. The molecule has 1 heterocycles. The fraction of sp³-hybridized carbons (Fsp3) is 0.267. The van der Waals surface area contributed by atoms with Crippen molar-refractivity contribution in [1.29, 1.82) is 0 Å². The Morgan fingerprint density at radius 1 is 1.48 bits per heavy atom. The van der Waals surface area contributed by atoms with Crippen LogP contribution >= 0.6 is 15.9 Å². The molecule has 0 radical (unpaired) electrons. The van der Waals surface area contributed by atoms with Gasteiger partial charge in [-0.2, -0.15) is 0 Å². The molecule has 0 bridgehead atoms. The first kappa shape index (κ1) is 15.6. The number of carboxylic acids is 1. The number of carboxylic acid groups (broad SMARTS) is 1. The number of nitrogens with one attached hydrogen (secondary N) is 1. The number of aromatic carboxylic acids is 1. The number of hydrogen-bond acceptors (Lipinski definition) is 3. The highest BCUT2D eigenvalue weighted by Gasteiger charge is 2.16. The van der Waals surface area contributed by atoms with Crippen molar-refractivity contribution in [3.05, 3.63) is 52.1 Å². The SMILES string of the molecule is CC(CCc1ccco1)Nc1ccc(C(=O)O)c(Br)c1F. The van der Waals surface area contributed by atoms with Gasteiger partial charge in [0.15, 0.2) is 5.82 Å². The summed E-state index contributed by atoms with van der Waals surface area (Å²) in [5.74, 6) is -0.885. The van der Waals surface area contributed by atoms with Crippen LogP contribution in [-0.2, 0) is 6.42 Å². The Bertz CT molecular complexity index is 628. The lowest BCUT2D eigenvalue weighted by Crippen LogP contribution is -2.17. The molecule has 2 rings (SSSR count). The molecule has 0 aliphatic carbocycles. The summed E-state index contributed by atoms with van der Waals surface area (Å²) in [6.07, 6.45) is 3.14. The monoisotopic (exact) mass is 355 g/mol. The quantitative estimate of drug-likeness (QED) is 0.810. The van der Waals surface area contributed by atoms with Gasteiger partial charge in [0, 0.05) is 12.5 Å². The Morgan fingerprint density at radius 3 is 2.86 bits per heavy atom. The molecule has 1 aromatic carbocycles. The molecular weight excluding hydrogens is 341 g/mol. The zero-order valence-electron chi connectivity index (χ0n) is 11.4. The van der Waals surface area contributed by atoms with Crippen LogP contribution in [0, 0.1) is 5.82 Å². The summed E-state index contributed by atoms with van der Waals surface area (Å²) in [5, 5.41) is 12.0. The molecule has 2 N–H and O–H groups in total. The number of halogens is 2. The van der Waals surface area contributed by atoms with Gasteiger partial charge >= 0.3 is 5.97 Å². The van der Waals surface area contributed by atoms with E-state index in [2.05, 4.69) is 21.2 Å². The Labute approximate surface area is 130 Å². The third kappa shape index (κ3) is 3.85. The topological polar surface area (TPSA) is 62.5 Å². The van der Waals surface area contributed by atoms with Crippen LogP contribution in [0.3, 0.4) is 0 Å². The average Bonchev–Trinajstić information content (AvgIpc) is 2.94. The predicted octanol–water partition coefficient (Wildman–Crippen LogP) is 4.31. The van der Waals surface area contributed by atoms with Gasteiger partial charge in [0.1, 0.15) is 5.76 Å². The van der Waals surface area contributed by atoms with Crippen molar-refractivity contribution in [3.8, 4) is 0 Å². The lowest BCUT2D eigenvalue weighted by Gasteiger charge is -2.16. The third-order valence-electron chi connectivity index (χ3n) is 3.12. The van der Waals surface area contributed by atoms with Crippen LogP contribution in [0.4, 0.5) is 10.1 Å². The lowest BCUT2D eigenvalue weighted by atomic mass is 10.1. The lowest BCUT2D eigenvalue weighted by molar-refractivity contribution is 0.0695. The number of anilines is 1. The Morgan fingerprint density at radius 2 is 2.24 bits per heavy atom. The van der Waals surface area contributed by atoms with Crippen molar-refractivity contribution in [2.75, 3.05) is 5.32 Å². The number of benzene rings is 1. The average molecular weight is 356 g/mol. The fourth-order valence-electron chi connectivity index (χ4n) is 1.98. The van der Waals surface area contributed by atoms with E-state index in [1.165, 1.54) is 12.1 Å². The largest absolute Gasteiger partial charge is 0.478 e. The van der Waals surface area contributed by atoms with Crippen LogP contribution in [0.25, 0.3) is 0 Å². The van der Waals surface area contributed by atoms with Crippen molar-refractivity contribution >= 4 is 27.6 Å². The van der Waals surface area contributed by atoms with Crippen LogP contribution < -0.4 is 5.32 Å². The number of carbonyl (C=O) groups is 1. The number of rotatable bonds is 6. The van der Waals surface area contributed by atoms with Gasteiger partial charge in [0.05, 0.1) is 22.0 Å². The predicted molar refractivity (Wildman–Crippen MR) is 81.2 cm³/mol. The van der Waals surface area contributed by atoms with Crippen LogP contribution in [0.2, 0.25) is 0 Å². The molecule has 0 amide bonds. The maximum atomic E-state index is 14.1. The summed E-state index contributed by atoms with van der Waals surface area (Å²) < 4.78 is 19.3. The molecule has 0 aliphatic heterocycles. The van der Waals surface area contributed by atoms with E-state index >= 15 is 0 Å². The maximum absolute atomic E-state index is 14.1. The van der Waals surface area contributed by atoms with Crippen LogP contribution in [0.15, 0.2) is 39.4 Å². The second-order valence-electron chi connectivity index (χ2n) is 4.76. The molecule has 0 aliphatic rings. The summed E-state index contributed by atoms with van der Waals surface area (Å²) in [5.41, 5.74) is 0.181. The highest BCUT2D eigenvalue weighted by molar-refractivity contribution is 9.10. The molecule has 1 aromatic heterocycles. The molecule has 21 heavy (non-hydrogen) atoms. The van der Waals surface area contributed by atoms with E-state index in [9.17, 15) is 9.18 Å². The van der Waals surface area contributed by atoms with E-state index in [1.54, 1.807) is 6.26 Å². The van der Waals surface area contributed by atoms with Gasteiger partial charge in [0.2, 0.25) is 0 Å². The van der Waals surface area contributed by atoms with E-state index in [0.29, 0.717) is 0 Å². The standard InChI is InChI=1S/C15H15BrFNO3/c1-9(4-5-10-3-2-8-21-10)18-12-7-6-11(15(19)20)13(16)14(12)17/h2-3,6-9,18H,4-5H2,1H3,(H,19,20). The smallest absolute Gasteiger partial charge is 0.336 e. The molecule has 0 fully saturated rings. The van der Waals surface area contributed by atoms with E-state index in [1.807, 2.05) is 19.1 Å². The van der Waals surface area contributed by atoms with Gasteiger partial charge in [-0.3, -0.25) is 0 Å². The molecule has 112 valence electrons. The maximum Gasteiger partial charge on any atom is 0.336 e. The zero-order valence-corrected chi connectivity index (χ0v) is 13.0. The van der Waals surface area contributed by atoms with E-state index < -0.39 is 11.8 Å². The number of furan rings is 1. The van der Waals surface area contributed by atoms with E-state index in [0.717, 1.165) is 18.6 Å².